The predicted octanol–water partition coefficient (Wildman–Crippen LogP) is 3.01. The standard InChI is InChI=1S/C12H19ClN2S/c1-3-5-15-11(9-16-2)7-10-4-6-14-8-12(10)13/h4,6,8,11,15H,3,5,7,9H2,1-2H3. The van der Waals surface area contributed by atoms with Gasteiger partial charge < -0.3 is 5.32 Å². The molecule has 4 heteroatoms. The second kappa shape index (κ2) is 7.93. The van der Waals surface area contributed by atoms with Gasteiger partial charge in [0.1, 0.15) is 0 Å². The van der Waals surface area contributed by atoms with E-state index >= 15 is 0 Å². The number of nitrogens with one attached hydrogen (secondary N) is 1. The van der Waals surface area contributed by atoms with Crippen LogP contribution in [0.4, 0.5) is 0 Å². The van der Waals surface area contributed by atoms with Crippen LogP contribution in [0, 0.1) is 0 Å². The number of hydrogen-bond donors (Lipinski definition) is 1. The molecule has 0 radical (unpaired) electrons. The molecule has 1 N–H and O–H groups in total. The Balaban J connectivity index is 2.56. The van der Waals surface area contributed by atoms with E-state index in [1.165, 1.54) is 5.56 Å². The number of thioether (sulfide) groups is 1. The summed E-state index contributed by atoms with van der Waals surface area (Å²) in [5.41, 5.74) is 1.18. The molecule has 0 bridgehead atoms. The van der Waals surface area contributed by atoms with Crippen LogP contribution >= 0.6 is 23.4 Å². The van der Waals surface area contributed by atoms with E-state index < -0.39 is 0 Å². The minimum Gasteiger partial charge on any atom is -0.313 e. The van der Waals surface area contributed by atoms with Crippen LogP contribution in [-0.4, -0.2) is 29.6 Å². The highest BCUT2D eigenvalue weighted by Crippen LogP contribution is 2.16. The van der Waals surface area contributed by atoms with Crippen molar-refractivity contribution < 1.29 is 0 Å². The highest BCUT2D eigenvalue weighted by molar-refractivity contribution is 7.98. The molecule has 1 atom stereocenters. The molecular weight excluding hydrogens is 240 g/mol. The number of hydrogen-bond acceptors (Lipinski definition) is 3. The Hall–Kier alpha value is -0.250. The molecule has 0 aromatic carbocycles. The molecule has 0 aliphatic heterocycles. The summed E-state index contributed by atoms with van der Waals surface area (Å²) >= 11 is 7.97. The molecule has 0 saturated carbocycles. The lowest BCUT2D eigenvalue weighted by Crippen LogP contribution is -2.34. The molecule has 0 amide bonds. The SMILES string of the molecule is CCCNC(CSC)Cc1ccncc1Cl. The molecule has 0 fully saturated rings. The number of rotatable bonds is 7. The van der Waals surface area contributed by atoms with Crippen LogP contribution < -0.4 is 5.32 Å². The molecule has 90 valence electrons. The number of nitrogens with zero attached hydrogens (tertiary/aromatic N) is 1. The summed E-state index contributed by atoms with van der Waals surface area (Å²) in [5, 5.41) is 4.32. The minimum absolute atomic E-state index is 0.495. The van der Waals surface area contributed by atoms with E-state index in [-0.39, 0.29) is 0 Å². The largest absolute Gasteiger partial charge is 0.313 e. The van der Waals surface area contributed by atoms with E-state index in [9.17, 15) is 0 Å². The van der Waals surface area contributed by atoms with Gasteiger partial charge in [0.25, 0.3) is 0 Å². The van der Waals surface area contributed by atoms with Gasteiger partial charge in [-0.3, -0.25) is 4.98 Å². The normalized spacial score (nSPS) is 12.7. The van der Waals surface area contributed by atoms with Gasteiger partial charge in [0.15, 0.2) is 0 Å². The van der Waals surface area contributed by atoms with Crippen LogP contribution in [0.3, 0.4) is 0 Å². The Morgan fingerprint density at radius 2 is 2.38 bits per heavy atom. The van der Waals surface area contributed by atoms with E-state index in [1.54, 1.807) is 12.4 Å². The quantitative estimate of drug-likeness (QED) is 0.814. The van der Waals surface area contributed by atoms with Gasteiger partial charge in [-0.15, -0.1) is 0 Å². The van der Waals surface area contributed by atoms with Gasteiger partial charge in [-0.05, 0) is 37.3 Å². The average molecular weight is 259 g/mol. The van der Waals surface area contributed by atoms with Gasteiger partial charge >= 0.3 is 0 Å². The Morgan fingerprint density at radius 1 is 1.56 bits per heavy atom. The third kappa shape index (κ3) is 4.73. The molecule has 1 rings (SSSR count). The molecular formula is C12H19ClN2S. The highest BCUT2D eigenvalue weighted by Gasteiger charge is 2.10. The van der Waals surface area contributed by atoms with Crippen molar-refractivity contribution in [1.29, 1.82) is 0 Å². The van der Waals surface area contributed by atoms with Crippen LogP contribution in [0.1, 0.15) is 18.9 Å². The van der Waals surface area contributed by atoms with Crippen molar-refractivity contribution in [3.8, 4) is 0 Å². The van der Waals surface area contributed by atoms with E-state index in [4.69, 9.17) is 11.6 Å². The van der Waals surface area contributed by atoms with Gasteiger partial charge in [-0.25, -0.2) is 0 Å². The summed E-state index contributed by atoms with van der Waals surface area (Å²) in [7, 11) is 0. The molecule has 1 aromatic heterocycles. The van der Waals surface area contributed by atoms with Crippen molar-refractivity contribution in [3.05, 3.63) is 29.0 Å². The van der Waals surface area contributed by atoms with E-state index in [0.717, 1.165) is 30.2 Å². The lowest BCUT2D eigenvalue weighted by molar-refractivity contribution is 0.550. The first-order chi connectivity index (χ1) is 7.77. The Labute approximate surface area is 107 Å². The van der Waals surface area contributed by atoms with Crippen LogP contribution in [0.5, 0.6) is 0 Å². The zero-order chi connectivity index (χ0) is 11.8. The van der Waals surface area contributed by atoms with E-state index in [0.29, 0.717) is 6.04 Å². The molecule has 0 spiro atoms. The van der Waals surface area contributed by atoms with Gasteiger partial charge in [0, 0.05) is 24.2 Å². The molecule has 2 nitrogen and oxygen atoms in total. The van der Waals surface area contributed by atoms with Gasteiger partial charge in [-0.2, -0.15) is 11.8 Å². The minimum atomic E-state index is 0.495. The van der Waals surface area contributed by atoms with Crippen molar-refractivity contribution >= 4 is 23.4 Å². The zero-order valence-corrected chi connectivity index (χ0v) is 11.4. The number of aromatic nitrogens is 1. The van der Waals surface area contributed by atoms with Crippen molar-refractivity contribution in [3.63, 3.8) is 0 Å². The van der Waals surface area contributed by atoms with Crippen LogP contribution in [-0.2, 0) is 6.42 Å². The Bertz CT molecular complexity index is 307. The van der Waals surface area contributed by atoms with Crippen molar-refractivity contribution in [2.75, 3.05) is 18.6 Å². The lowest BCUT2D eigenvalue weighted by atomic mass is 10.1. The monoisotopic (exact) mass is 258 g/mol. The highest BCUT2D eigenvalue weighted by atomic mass is 35.5. The fourth-order valence-electron chi connectivity index (χ4n) is 1.57. The third-order valence-corrected chi connectivity index (χ3v) is 3.45. The first-order valence-corrected chi connectivity index (χ1v) is 7.35. The number of halogens is 1. The summed E-state index contributed by atoms with van der Waals surface area (Å²) in [6, 6.07) is 2.50. The average Bonchev–Trinajstić information content (AvgIpc) is 2.29. The Kier molecular flexibility index (Phi) is 6.85. The van der Waals surface area contributed by atoms with Crippen LogP contribution in [0.15, 0.2) is 18.5 Å². The summed E-state index contributed by atoms with van der Waals surface area (Å²) in [6.07, 6.45) is 7.79. The first-order valence-electron chi connectivity index (χ1n) is 5.58. The van der Waals surface area contributed by atoms with Crippen molar-refractivity contribution in [2.24, 2.45) is 0 Å². The fraction of sp³-hybridized carbons (Fsp3) is 0.583. The first kappa shape index (κ1) is 13.8. The second-order valence-corrected chi connectivity index (χ2v) is 5.10. The molecule has 0 saturated heterocycles. The maximum Gasteiger partial charge on any atom is 0.0621 e. The summed E-state index contributed by atoms with van der Waals surface area (Å²) < 4.78 is 0. The van der Waals surface area contributed by atoms with Gasteiger partial charge in [0.2, 0.25) is 0 Å². The predicted molar refractivity (Wildman–Crippen MR) is 73.4 cm³/mol. The van der Waals surface area contributed by atoms with Crippen molar-refractivity contribution in [1.82, 2.24) is 10.3 Å². The fourth-order valence-corrected chi connectivity index (χ4v) is 2.41. The molecule has 1 unspecified atom stereocenters. The molecule has 0 aliphatic carbocycles. The number of pyridine rings is 1. The summed E-state index contributed by atoms with van der Waals surface area (Å²) in [6.45, 7) is 3.25. The lowest BCUT2D eigenvalue weighted by Gasteiger charge is -2.17. The van der Waals surface area contributed by atoms with E-state index in [1.807, 2.05) is 17.8 Å². The topological polar surface area (TPSA) is 24.9 Å². The van der Waals surface area contributed by atoms with Gasteiger partial charge in [-0.1, -0.05) is 18.5 Å². The molecule has 0 aliphatic rings. The van der Waals surface area contributed by atoms with Crippen LogP contribution in [0.2, 0.25) is 5.02 Å². The molecule has 16 heavy (non-hydrogen) atoms. The Morgan fingerprint density at radius 3 is 3.00 bits per heavy atom. The van der Waals surface area contributed by atoms with Gasteiger partial charge in [0.05, 0.1) is 5.02 Å². The zero-order valence-electron chi connectivity index (χ0n) is 9.87. The molecule has 1 aromatic rings. The maximum absolute atomic E-state index is 6.11. The van der Waals surface area contributed by atoms with Crippen LogP contribution in [0.25, 0.3) is 0 Å². The third-order valence-electron chi connectivity index (χ3n) is 2.37. The van der Waals surface area contributed by atoms with E-state index in [2.05, 4.69) is 23.5 Å². The molecule has 1 heterocycles. The van der Waals surface area contributed by atoms with Crippen molar-refractivity contribution in [2.45, 2.75) is 25.8 Å². The summed E-state index contributed by atoms with van der Waals surface area (Å²) in [4.78, 5) is 4.00. The summed E-state index contributed by atoms with van der Waals surface area (Å²) in [5.74, 6) is 1.11. The smallest absolute Gasteiger partial charge is 0.0621 e. The maximum atomic E-state index is 6.11. The second-order valence-electron chi connectivity index (χ2n) is 3.78.